The van der Waals surface area contributed by atoms with E-state index in [2.05, 4.69) is 37.2 Å². The van der Waals surface area contributed by atoms with E-state index in [1.165, 1.54) is 0 Å². The molecule has 0 heterocycles. The van der Waals surface area contributed by atoms with Gasteiger partial charge < -0.3 is 11.1 Å². The van der Waals surface area contributed by atoms with E-state index in [0.29, 0.717) is 17.8 Å². The third-order valence-electron chi connectivity index (χ3n) is 2.60. The van der Waals surface area contributed by atoms with Crippen LogP contribution in [0.15, 0.2) is 51.4 Å². The molecule has 1 amide bonds. The van der Waals surface area contributed by atoms with Gasteiger partial charge in [0.1, 0.15) is 0 Å². The van der Waals surface area contributed by atoms with E-state index in [4.69, 9.17) is 5.73 Å². The Kier molecular flexibility index (Phi) is 4.61. The lowest BCUT2D eigenvalue weighted by Gasteiger charge is -2.08. The minimum atomic E-state index is -0.151. The molecule has 0 atom stereocenters. The molecule has 0 aliphatic rings. The van der Waals surface area contributed by atoms with E-state index in [1.807, 2.05) is 24.3 Å². The van der Waals surface area contributed by atoms with E-state index in [0.717, 1.165) is 14.5 Å². The van der Waals surface area contributed by atoms with Gasteiger partial charge in [-0.15, -0.1) is 0 Å². The average Bonchev–Trinajstić information content (AvgIpc) is 2.40. The molecule has 0 unspecified atom stereocenters. The summed E-state index contributed by atoms with van der Waals surface area (Å²) in [6.45, 7) is 0.480. The van der Waals surface area contributed by atoms with Crippen LogP contribution in [0.1, 0.15) is 15.9 Å². The molecule has 0 radical (unpaired) electrons. The maximum Gasteiger partial charge on any atom is 0.252 e. The summed E-state index contributed by atoms with van der Waals surface area (Å²) in [6.07, 6.45) is 0. The van der Waals surface area contributed by atoms with Gasteiger partial charge in [-0.25, -0.2) is 0 Å². The Hall–Kier alpha value is -1.33. The zero-order chi connectivity index (χ0) is 13.8. The van der Waals surface area contributed by atoms with Crippen molar-refractivity contribution in [2.45, 2.75) is 6.54 Å². The molecular weight excluding hydrogens is 372 g/mol. The molecule has 3 nitrogen and oxygen atoms in total. The summed E-state index contributed by atoms with van der Waals surface area (Å²) in [6, 6.07) is 13.0. The van der Waals surface area contributed by atoms with Gasteiger partial charge in [-0.2, -0.15) is 0 Å². The molecule has 0 spiro atoms. The molecule has 0 aliphatic heterocycles. The summed E-state index contributed by atoms with van der Waals surface area (Å²) in [5.74, 6) is -0.151. The van der Waals surface area contributed by atoms with Crippen molar-refractivity contribution >= 4 is 43.5 Å². The Balaban J connectivity index is 2.05. The molecule has 3 N–H and O–H groups in total. The highest BCUT2D eigenvalue weighted by Crippen LogP contribution is 2.19. The van der Waals surface area contributed by atoms with Crippen LogP contribution in [-0.2, 0) is 6.54 Å². The van der Waals surface area contributed by atoms with Crippen LogP contribution in [0, 0.1) is 0 Å². The molecule has 0 saturated carbocycles. The van der Waals surface area contributed by atoms with E-state index in [1.54, 1.807) is 18.2 Å². The SMILES string of the molecule is Nc1ccc(Br)c(C(=O)NCc2ccc(Br)cc2)c1. The van der Waals surface area contributed by atoms with Gasteiger partial charge >= 0.3 is 0 Å². The fourth-order valence-electron chi connectivity index (χ4n) is 1.60. The van der Waals surface area contributed by atoms with Crippen molar-refractivity contribution in [2.75, 3.05) is 5.73 Å². The van der Waals surface area contributed by atoms with Crippen molar-refractivity contribution in [1.29, 1.82) is 0 Å². The second kappa shape index (κ2) is 6.21. The molecule has 0 aliphatic carbocycles. The number of rotatable bonds is 3. The number of hydrogen-bond acceptors (Lipinski definition) is 2. The van der Waals surface area contributed by atoms with Gasteiger partial charge in [-0.1, -0.05) is 28.1 Å². The second-order valence-electron chi connectivity index (χ2n) is 4.05. The maximum atomic E-state index is 12.1. The molecule has 19 heavy (non-hydrogen) atoms. The standard InChI is InChI=1S/C14H12Br2N2O/c15-10-3-1-9(2-4-10)8-18-14(19)12-7-11(17)5-6-13(12)16/h1-7H,8,17H2,(H,18,19). The molecule has 0 bridgehead atoms. The van der Waals surface area contributed by atoms with Crippen LogP contribution in [0.25, 0.3) is 0 Å². The van der Waals surface area contributed by atoms with Gasteiger partial charge in [0.25, 0.3) is 5.91 Å². The maximum absolute atomic E-state index is 12.1. The summed E-state index contributed by atoms with van der Waals surface area (Å²) in [5, 5.41) is 2.86. The highest BCUT2D eigenvalue weighted by molar-refractivity contribution is 9.10. The molecule has 0 saturated heterocycles. The average molecular weight is 384 g/mol. The number of anilines is 1. The first kappa shape index (κ1) is 14.1. The van der Waals surface area contributed by atoms with Crippen molar-refractivity contribution in [3.8, 4) is 0 Å². The molecular formula is C14H12Br2N2O. The van der Waals surface area contributed by atoms with Gasteiger partial charge in [-0.3, -0.25) is 4.79 Å². The number of halogens is 2. The van der Waals surface area contributed by atoms with Crippen LogP contribution in [0.4, 0.5) is 5.69 Å². The summed E-state index contributed by atoms with van der Waals surface area (Å²) < 4.78 is 1.75. The Morgan fingerprint density at radius 2 is 1.79 bits per heavy atom. The number of carbonyl (C=O) groups excluding carboxylic acids is 1. The third kappa shape index (κ3) is 3.81. The topological polar surface area (TPSA) is 55.1 Å². The number of hydrogen-bond donors (Lipinski definition) is 2. The predicted molar refractivity (Wildman–Crippen MR) is 83.9 cm³/mol. The fraction of sp³-hybridized carbons (Fsp3) is 0.0714. The van der Waals surface area contributed by atoms with Crippen LogP contribution < -0.4 is 11.1 Å². The zero-order valence-corrected chi connectivity index (χ0v) is 13.2. The Morgan fingerprint density at radius 3 is 2.47 bits per heavy atom. The molecule has 98 valence electrons. The van der Waals surface area contributed by atoms with E-state index in [-0.39, 0.29) is 5.91 Å². The Bertz CT molecular complexity index is 597. The quantitative estimate of drug-likeness (QED) is 0.793. The van der Waals surface area contributed by atoms with Crippen molar-refractivity contribution in [2.24, 2.45) is 0 Å². The first-order valence-electron chi connectivity index (χ1n) is 5.64. The molecule has 0 aromatic heterocycles. The normalized spacial score (nSPS) is 10.2. The number of carbonyl (C=O) groups is 1. The third-order valence-corrected chi connectivity index (χ3v) is 3.82. The number of nitrogens with two attached hydrogens (primary N) is 1. The predicted octanol–water partition coefficient (Wildman–Crippen LogP) is 3.72. The summed E-state index contributed by atoms with van der Waals surface area (Å²) in [4.78, 5) is 12.1. The Labute approximate surface area is 128 Å². The van der Waals surface area contributed by atoms with Crippen LogP contribution in [0.2, 0.25) is 0 Å². The van der Waals surface area contributed by atoms with Crippen molar-refractivity contribution < 1.29 is 4.79 Å². The molecule has 2 aromatic carbocycles. The van der Waals surface area contributed by atoms with Gasteiger partial charge in [0.2, 0.25) is 0 Å². The van der Waals surface area contributed by atoms with Crippen LogP contribution in [-0.4, -0.2) is 5.91 Å². The highest BCUT2D eigenvalue weighted by atomic mass is 79.9. The minimum Gasteiger partial charge on any atom is -0.399 e. The van der Waals surface area contributed by atoms with Gasteiger partial charge in [0.15, 0.2) is 0 Å². The van der Waals surface area contributed by atoms with Gasteiger partial charge in [0.05, 0.1) is 5.56 Å². The number of benzene rings is 2. The molecule has 5 heteroatoms. The highest BCUT2D eigenvalue weighted by Gasteiger charge is 2.09. The molecule has 2 rings (SSSR count). The first-order chi connectivity index (χ1) is 9.06. The van der Waals surface area contributed by atoms with Crippen molar-refractivity contribution in [3.05, 3.63) is 62.5 Å². The zero-order valence-electron chi connectivity index (χ0n) is 9.99. The summed E-state index contributed by atoms with van der Waals surface area (Å²) >= 11 is 6.72. The van der Waals surface area contributed by atoms with Crippen LogP contribution >= 0.6 is 31.9 Å². The second-order valence-corrected chi connectivity index (χ2v) is 5.82. The van der Waals surface area contributed by atoms with Gasteiger partial charge in [0, 0.05) is 21.2 Å². The number of amides is 1. The minimum absolute atomic E-state index is 0.151. The smallest absolute Gasteiger partial charge is 0.252 e. The lowest BCUT2D eigenvalue weighted by atomic mass is 10.1. The summed E-state index contributed by atoms with van der Waals surface area (Å²) in [5.41, 5.74) is 7.83. The monoisotopic (exact) mass is 382 g/mol. The number of nitrogen functional groups attached to an aromatic ring is 1. The Morgan fingerprint density at radius 1 is 1.11 bits per heavy atom. The lowest BCUT2D eigenvalue weighted by molar-refractivity contribution is 0.0950. The largest absolute Gasteiger partial charge is 0.399 e. The van der Waals surface area contributed by atoms with Crippen LogP contribution in [0.5, 0.6) is 0 Å². The fourth-order valence-corrected chi connectivity index (χ4v) is 2.29. The van der Waals surface area contributed by atoms with E-state index < -0.39 is 0 Å². The first-order valence-corrected chi connectivity index (χ1v) is 7.22. The van der Waals surface area contributed by atoms with Gasteiger partial charge in [-0.05, 0) is 51.8 Å². The van der Waals surface area contributed by atoms with E-state index in [9.17, 15) is 4.79 Å². The van der Waals surface area contributed by atoms with Crippen molar-refractivity contribution in [3.63, 3.8) is 0 Å². The summed E-state index contributed by atoms with van der Waals surface area (Å²) in [7, 11) is 0. The van der Waals surface area contributed by atoms with E-state index >= 15 is 0 Å². The van der Waals surface area contributed by atoms with Crippen molar-refractivity contribution in [1.82, 2.24) is 5.32 Å². The van der Waals surface area contributed by atoms with Crippen LogP contribution in [0.3, 0.4) is 0 Å². The molecule has 0 fully saturated rings. The lowest BCUT2D eigenvalue weighted by Crippen LogP contribution is -2.23. The molecule has 2 aromatic rings. The number of nitrogens with one attached hydrogen (secondary N) is 1.